The van der Waals surface area contributed by atoms with Crippen molar-refractivity contribution in [1.29, 1.82) is 0 Å². The SMILES string of the molecule is COc1ccc(CCNC(=O)c2cncc(Nc3ccc(F)c(Cl)c3)c2)cc1. The van der Waals surface area contributed by atoms with Gasteiger partial charge in [0.05, 0.1) is 29.6 Å². The largest absolute Gasteiger partial charge is 0.497 e. The summed E-state index contributed by atoms with van der Waals surface area (Å²) in [7, 11) is 1.62. The number of pyridine rings is 1. The van der Waals surface area contributed by atoms with Gasteiger partial charge in [-0.25, -0.2) is 4.39 Å². The average molecular weight is 400 g/mol. The van der Waals surface area contributed by atoms with Crippen LogP contribution in [0.1, 0.15) is 15.9 Å². The van der Waals surface area contributed by atoms with Crippen molar-refractivity contribution < 1.29 is 13.9 Å². The minimum Gasteiger partial charge on any atom is -0.497 e. The highest BCUT2D eigenvalue weighted by atomic mass is 35.5. The van der Waals surface area contributed by atoms with Crippen molar-refractivity contribution in [2.24, 2.45) is 0 Å². The minimum absolute atomic E-state index is 0.0189. The van der Waals surface area contributed by atoms with Crippen LogP contribution in [0.15, 0.2) is 60.9 Å². The lowest BCUT2D eigenvalue weighted by Gasteiger charge is -2.09. The summed E-state index contributed by atoms with van der Waals surface area (Å²) in [4.78, 5) is 16.5. The molecule has 0 saturated carbocycles. The number of anilines is 2. The number of hydrogen-bond acceptors (Lipinski definition) is 4. The summed E-state index contributed by atoms with van der Waals surface area (Å²) in [6.45, 7) is 0.496. The Morgan fingerprint density at radius 1 is 1.11 bits per heavy atom. The highest BCUT2D eigenvalue weighted by molar-refractivity contribution is 6.31. The summed E-state index contributed by atoms with van der Waals surface area (Å²) in [5.41, 5.74) is 2.73. The number of carbonyl (C=O) groups is 1. The predicted octanol–water partition coefficient (Wildman–Crippen LogP) is 4.60. The molecule has 0 atom stereocenters. The maximum Gasteiger partial charge on any atom is 0.252 e. The van der Waals surface area contributed by atoms with Gasteiger partial charge >= 0.3 is 0 Å². The Labute approximate surface area is 167 Å². The molecule has 0 spiro atoms. The molecule has 1 amide bonds. The predicted molar refractivity (Wildman–Crippen MR) is 108 cm³/mol. The molecule has 0 aliphatic rings. The normalized spacial score (nSPS) is 10.4. The number of halogens is 2. The highest BCUT2D eigenvalue weighted by Gasteiger charge is 2.08. The molecule has 3 aromatic rings. The third kappa shape index (κ3) is 5.20. The Hall–Kier alpha value is -3.12. The van der Waals surface area contributed by atoms with Gasteiger partial charge in [-0.3, -0.25) is 9.78 Å². The molecular formula is C21H19ClFN3O2. The van der Waals surface area contributed by atoms with Crippen LogP contribution >= 0.6 is 11.6 Å². The van der Waals surface area contributed by atoms with Crippen LogP contribution in [0.2, 0.25) is 5.02 Å². The molecule has 3 rings (SSSR count). The van der Waals surface area contributed by atoms with Crippen LogP contribution in [0, 0.1) is 5.82 Å². The number of carbonyl (C=O) groups excluding carboxylic acids is 1. The van der Waals surface area contributed by atoms with Gasteiger partial charge in [0.1, 0.15) is 11.6 Å². The third-order valence-electron chi connectivity index (χ3n) is 4.07. The maximum absolute atomic E-state index is 13.3. The summed E-state index contributed by atoms with van der Waals surface area (Å²) >= 11 is 5.78. The van der Waals surface area contributed by atoms with Gasteiger partial charge in [0.25, 0.3) is 5.91 Å². The van der Waals surface area contributed by atoms with Gasteiger partial charge in [0.2, 0.25) is 0 Å². The molecule has 0 fully saturated rings. The first-order valence-electron chi connectivity index (χ1n) is 8.63. The molecule has 2 N–H and O–H groups in total. The molecule has 1 aromatic heterocycles. The number of rotatable bonds is 7. The monoisotopic (exact) mass is 399 g/mol. The van der Waals surface area contributed by atoms with E-state index in [9.17, 15) is 9.18 Å². The number of hydrogen-bond donors (Lipinski definition) is 2. The van der Waals surface area contributed by atoms with E-state index < -0.39 is 5.82 Å². The molecule has 0 bridgehead atoms. The summed E-state index contributed by atoms with van der Waals surface area (Å²) in [5.74, 6) is 0.0859. The summed E-state index contributed by atoms with van der Waals surface area (Å²) < 4.78 is 18.4. The molecular weight excluding hydrogens is 381 g/mol. The molecule has 144 valence electrons. The van der Waals surface area contributed by atoms with Gasteiger partial charge < -0.3 is 15.4 Å². The van der Waals surface area contributed by atoms with E-state index in [0.29, 0.717) is 29.9 Å². The lowest BCUT2D eigenvalue weighted by molar-refractivity contribution is 0.0954. The van der Waals surface area contributed by atoms with Crippen molar-refractivity contribution in [1.82, 2.24) is 10.3 Å². The van der Waals surface area contributed by atoms with Gasteiger partial charge in [-0.2, -0.15) is 0 Å². The van der Waals surface area contributed by atoms with Gasteiger partial charge in [-0.1, -0.05) is 23.7 Å². The van der Waals surface area contributed by atoms with Crippen LogP contribution in [-0.4, -0.2) is 24.5 Å². The Morgan fingerprint density at radius 2 is 1.89 bits per heavy atom. The maximum atomic E-state index is 13.3. The zero-order chi connectivity index (χ0) is 19.9. The van der Waals surface area contributed by atoms with Crippen molar-refractivity contribution in [3.8, 4) is 5.75 Å². The van der Waals surface area contributed by atoms with Crippen molar-refractivity contribution in [3.63, 3.8) is 0 Å². The molecule has 0 unspecified atom stereocenters. The number of aromatic nitrogens is 1. The van der Waals surface area contributed by atoms with E-state index in [0.717, 1.165) is 11.3 Å². The molecule has 5 nitrogen and oxygen atoms in total. The zero-order valence-electron chi connectivity index (χ0n) is 15.2. The first-order chi connectivity index (χ1) is 13.5. The Bertz CT molecular complexity index is 964. The molecule has 0 radical (unpaired) electrons. The van der Waals surface area contributed by atoms with Gasteiger partial charge in [0.15, 0.2) is 0 Å². The Balaban J connectivity index is 1.57. The van der Waals surface area contributed by atoms with E-state index in [1.165, 1.54) is 18.3 Å². The summed E-state index contributed by atoms with van der Waals surface area (Å²) in [6.07, 6.45) is 3.77. The van der Waals surface area contributed by atoms with Crippen LogP contribution in [0.3, 0.4) is 0 Å². The molecule has 2 aromatic carbocycles. The first kappa shape index (κ1) is 19.6. The number of nitrogens with zero attached hydrogens (tertiary/aromatic N) is 1. The topological polar surface area (TPSA) is 63.2 Å². The first-order valence-corrected chi connectivity index (χ1v) is 9.01. The fourth-order valence-corrected chi connectivity index (χ4v) is 2.77. The van der Waals surface area contributed by atoms with E-state index >= 15 is 0 Å². The zero-order valence-corrected chi connectivity index (χ0v) is 16.0. The molecule has 0 saturated heterocycles. The van der Waals surface area contributed by atoms with Crippen molar-refractivity contribution in [3.05, 3.63) is 82.9 Å². The van der Waals surface area contributed by atoms with Crippen LogP contribution in [-0.2, 0) is 6.42 Å². The van der Waals surface area contributed by atoms with E-state index in [4.69, 9.17) is 16.3 Å². The molecule has 1 heterocycles. The van der Waals surface area contributed by atoms with Crippen LogP contribution in [0.25, 0.3) is 0 Å². The third-order valence-corrected chi connectivity index (χ3v) is 4.36. The van der Waals surface area contributed by atoms with Crippen molar-refractivity contribution in [2.75, 3.05) is 19.0 Å². The Kier molecular flexibility index (Phi) is 6.45. The number of benzene rings is 2. The lowest BCUT2D eigenvalue weighted by Crippen LogP contribution is -2.25. The van der Waals surface area contributed by atoms with Crippen LogP contribution in [0.4, 0.5) is 15.8 Å². The van der Waals surface area contributed by atoms with Crippen molar-refractivity contribution in [2.45, 2.75) is 6.42 Å². The van der Waals surface area contributed by atoms with E-state index in [1.54, 1.807) is 25.4 Å². The molecule has 0 aliphatic carbocycles. The summed E-state index contributed by atoms with van der Waals surface area (Å²) in [6, 6.07) is 13.7. The minimum atomic E-state index is -0.490. The van der Waals surface area contributed by atoms with Gasteiger partial charge in [-0.15, -0.1) is 0 Å². The van der Waals surface area contributed by atoms with Gasteiger partial charge in [0, 0.05) is 18.4 Å². The van der Waals surface area contributed by atoms with E-state index in [1.807, 2.05) is 24.3 Å². The van der Waals surface area contributed by atoms with Gasteiger partial charge in [-0.05, 0) is 48.4 Å². The second kappa shape index (κ2) is 9.19. The van der Waals surface area contributed by atoms with Crippen LogP contribution < -0.4 is 15.4 Å². The quantitative estimate of drug-likeness (QED) is 0.609. The molecule has 0 aliphatic heterocycles. The second-order valence-electron chi connectivity index (χ2n) is 6.07. The molecule has 7 heteroatoms. The average Bonchev–Trinajstić information content (AvgIpc) is 2.71. The number of nitrogens with one attached hydrogen (secondary N) is 2. The number of ether oxygens (including phenoxy) is 1. The highest BCUT2D eigenvalue weighted by Crippen LogP contribution is 2.22. The number of amides is 1. The Morgan fingerprint density at radius 3 is 2.61 bits per heavy atom. The fraction of sp³-hybridized carbons (Fsp3) is 0.143. The molecule has 28 heavy (non-hydrogen) atoms. The lowest BCUT2D eigenvalue weighted by atomic mass is 10.1. The number of methoxy groups -OCH3 is 1. The summed E-state index contributed by atoms with van der Waals surface area (Å²) in [5, 5.41) is 5.95. The standard InChI is InChI=1S/C21H19ClFN3O2/c1-28-18-5-2-14(3-6-18)8-9-25-21(27)15-10-17(13-24-12-15)26-16-4-7-20(23)19(22)11-16/h2-7,10-13,26H,8-9H2,1H3,(H,25,27). The van der Waals surface area contributed by atoms with E-state index in [-0.39, 0.29) is 10.9 Å². The fourth-order valence-electron chi connectivity index (χ4n) is 2.59. The van der Waals surface area contributed by atoms with Crippen molar-refractivity contribution >= 4 is 28.9 Å². The smallest absolute Gasteiger partial charge is 0.252 e. The second-order valence-corrected chi connectivity index (χ2v) is 6.48. The van der Waals surface area contributed by atoms with Crippen LogP contribution in [0.5, 0.6) is 5.75 Å². The van der Waals surface area contributed by atoms with E-state index in [2.05, 4.69) is 15.6 Å².